The Morgan fingerprint density at radius 2 is 2.00 bits per heavy atom. The summed E-state index contributed by atoms with van der Waals surface area (Å²) in [6.07, 6.45) is 4.55. The maximum Gasteiger partial charge on any atom is 0.340 e. The molecule has 2 aromatic carbocycles. The summed E-state index contributed by atoms with van der Waals surface area (Å²) < 4.78 is 4.88. The van der Waals surface area contributed by atoms with Crippen molar-refractivity contribution < 1.29 is 14.5 Å². The van der Waals surface area contributed by atoms with Crippen LogP contribution >= 0.6 is 0 Å². The number of hydrogen-bond donors (Lipinski definition) is 1. The predicted molar refractivity (Wildman–Crippen MR) is 121 cm³/mol. The smallest absolute Gasteiger partial charge is 0.340 e. The molecule has 0 aliphatic carbocycles. The van der Waals surface area contributed by atoms with Gasteiger partial charge in [0, 0.05) is 24.1 Å². The summed E-state index contributed by atoms with van der Waals surface area (Å²) in [5.41, 5.74) is 1.72. The first-order valence-electron chi connectivity index (χ1n) is 10.6. The van der Waals surface area contributed by atoms with Gasteiger partial charge in [-0.05, 0) is 50.0 Å². The van der Waals surface area contributed by atoms with Gasteiger partial charge >= 0.3 is 5.97 Å². The number of carbonyl (C=O) groups excluding carboxylic acids is 1. The number of fused-ring (bicyclic) bond motifs is 1. The lowest BCUT2D eigenvalue weighted by molar-refractivity contribution is -0.384. The number of rotatable bonds is 8. The number of carbonyl (C=O) groups is 1. The second kappa shape index (κ2) is 9.69. The van der Waals surface area contributed by atoms with Crippen molar-refractivity contribution in [1.29, 1.82) is 0 Å². The molecule has 0 radical (unpaired) electrons. The number of aromatic nitrogens is 2. The summed E-state index contributed by atoms with van der Waals surface area (Å²) in [5, 5.41) is 15.5. The van der Waals surface area contributed by atoms with E-state index in [1.54, 1.807) is 24.3 Å². The van der Waals surface area contributed by atoms with Gasteiger partial charge in [-0.2, -0.15) is 0 Å². The number of esters is 1. The Morgan fingerprint density at radius 1 is 1.22 bits per heavy atom. The third-order valence-electron chi connectivity index (χ3n) is 5.80. The number of ether oxygens (including phenoxy) is 1. The highest BCUT2D eigenvalue weighted by Crippen LogP contribution is 2.30. The van der Waals surface area contributed by atoms with Crippen molar-refractivity contribution >= 4 is 28.4 Å². The van der Waals surface area contributed by atoms with Crippen molar-refractivity contribution in [2.24, 2.45) is 0 Å². The summed E-state index contributed by atoms with van der Waals surface area (Å²) in [7, 11) is 1.33. The van der Waals surface area contributed by atoms with Crippen molar-refractivity contribution in [2.45, 2.75) is 25.3 Å². The number of nitro benzene ring substituents is 1. The molecule has 1 aromatic heterocycles. The number of non-ortho nitro benzene ring substituents is 1. The van der Waals surface area contributed by atoms with Crippen molar-refractivity contribution in [1.82, 2.24) is 14.9 Å². The largest absolute Gasteiger partial charge is 0.465 e. The molecule has 9 heteroatoms. The molecule has 1 fully saturated rings. The van der Waals surface area contributed by atoms with Gasteiger partial charge in [0.05, 0.1) is 29.2 Å². The lowest BCUT2D eigenvalue weighted by atomic mass is 10.0. The standard InChI is InChI=1S/C23H25N5O4/c1-32-23(29)19-9-5-8-18-21(19)24-15-25-22(18)26-20(10-13-27-11-2-3-12-27)16-6-4-7-17(14-16)28(30)31/h4-9,14-15,20H,2-3,10-13H2,1H3,(H,24,25,26). The van der Waals surface area contributed by atoms with E-state index in [0.29, 0.717) is 22.3 Å². The van der Waals surface area contributed by atoms with Gasteiger partial charge in [0.25, 0.3) is 5.69 Å². The van der Waals surface area contributed by atoms with E-state index in [0.717, 1.165) is 31.6 Å². The molecule has 4 rings (SSSR count). The Kier molecular flexibility index (Phi) is 6.55. The molecule has 32 heavy (non-hydrogen) atoms. The Labute approximate surface area is 185 Å². The normalized spacial score (nSPS) is 14.9. The molecule has 1 aliphatic rings. The van der Waals surface area contributed by atoms with Crippen LogP contribution < -0.4 is 5.32 Å². The monoisotopic (exact) mass is 435 g/mol. The van der Waals surface area contributed by atoms with Gasteiger partial charge in [0.2, 0.25) is 0 Å². The average Bonchev–Trinajstić information content (AvgIpc) is 3.34. The molecule has 3 aromatic rings. The second-order valence-electron chi connectivity index (χ2n) is 7.80. The summed E-state index contributed by atoms with van der Waals surface area (Å²) in [4.78, 5) is 34.2. The van der Waals surface area contributed by atoms with E-state index in [9.17, 15) is 14.9 Å². The zero-order valence-electron chi connectivity index (χ0n) is 17.9. The SMILES string of the molecule is COC(=O)c1cccc2c(NC(CCN3CCCC3)c3cccc([N+](=O)[O-])c3)ncnc12. The molecule has 1 aliphatic heterocycles. The summed E-state index contributed by atoms with van der Waals surface area (Å²) in [6.45, 7) is 3.01. The number of hydrogen-bond acceptors (Lipinski definition) is 8. The molecule has 2 heterocycles. The number of para-hydroxylation sites is 1. The van der Waals surface area contributed by atoms with E-state index in [4.69, 9.17) is 4.74 Å². The van der Waals surface area contributed by atoms with Crippen LogP contribution in [0.15, 0.2) is 48.8 Å². The molecule has 0 amide bonds. The highest BCUT2D eigenvalue weighted by atomic mass is 16.6. The quantitative estimate of drug-likeness (QED) is 0.322. The Hall–Kier alpha value is -3.59. The number of nitrogens with zero attached hydrogens (tertiary/aromatic N) is 4. The van der Waals surface area contributed by atoms with Crippen LogP contribution in [0.2, 0.25) is 0 Å². The lowest BCUT2D eigenvalue weighted by Gasteiger charge is -2.23. The topological polar surface area (TPSA) is 110 Å². The molecule has 0 spiro atoms. The molecule has 1 unspecified atom stereocenters. The molecular weight excluding hydrogens is 410 g/mol. The minimum absolute atomic E-state index is 0.0518. The van der Waals surface area contributed by atoms with Gasteiger partial charge in [0.1, 0.15) is 12.1 Å². The van der Waals surface area contributed by atoms with Crippen LogP contribution in [0.3, 0.4) is 0 Å². The number of methoxy groups -OCH3 is 1. The first kappa shape index (κ1) is 21.6. The van der Waals surface area contributed by atoms with Crippen LogP contribution in [0, 0.1) is 10.1 Å². The second-order valence-corrected chi connectivity index (χ2v) is 7.80. The van der Waals surface area contributed by atoms with Crippen LogP contribution in [-0.4, -0.2) is 52.5 Å². The van der Waals surface area contributed by atoms with Crippen molar-refractivity contribution in [2.75, 3.05) is 32.1 Å². The van der Waals surface area contributed by atoms with Crippen LogP contribution in [0.1, 0.15) is 41.2 Å². The minimum atomic E-state index is -0.468. The first-order chi connectivity index (χ1) is 15.6. The Bertz CT molecular complexity index is 1130. The van der Waals surface area contributed by atoms with Crippen molar-refractivity contribution in [3.8, 4) is 0 Å². The third kappa shape index (κ3) is 4.67. The molecule has 0 saturated carbocycles. The van der Waals surface area contributed by atoms with Gasteiger partial charge in [-0.15, -0.1) is 0 Å². The fourth-order valence-corrected chi connectivity index (χ4v) is 4.14. The third-order valence-corrected chi connectivity index (χ3v) is 5.80. The van der Waals surface area contributed by atoms with Crippen LogP contribution in [0.4, 0.5) is 11.5 Å². The molecule has 0 bridgehead atoms. The molecule has 166 valence electrons. The summed E-state index contributed by atoms with van der Waals surface area (Å²) in [5.74, 6) is 0.100. The van der Waals surface area contributed by atoms with E-state index in [2.05, 4.69) is 20.2 Å². The predicted octanol–water partition coefficient (Wildman–Crippen LogP) is 3.96. The Morgan fingerprint density at radius 3 is 2.75 bits per heavy atom. The summed E-state index contributed by atoms with van der Waals surface area (Å²) >= 11 is 0. The molecular formula is C23H25N5O4. The van der Waals surface area contributed by atoms with Gasteiger partial charge in [-0.25, -0.2) is 14.8 Å². The fourth-order valence-electron chi connectivity index (χ4n) is 4.14. The minimum Gasteiger partial charge on any atom is -0.465 e. The molecule has 1 atom stereocenters. The van der Waals surface area contributed by atoms with Gasteiger partial charge in [-0.3, -0.25) is 10.1 Å². The highest BCUT2D eigenvalue weighted by Gasteiger charge is 2.21. The van der Waals surface area contributed by atoms with E-state index in [1.807, 2.05) is 12.1 Å². The van der Waals surface area contributed by atoms with Gasteiger partial charge in [0.15, 0.2) is 0 Å². The molecule has 1 N–H and O–H groups in total. The number of nitrogens with one attached hydrogen (secondary N) is 1. The van der Waals surface area contributed by atoms with Crippen molar-refractivity contribution in [3.63, 3.8) is 0 Å². The number of likely N-dealkylation sites (tertiary alicyclic amines) is 1. The molecule has 1 saturated heterocycles. The average molecular weight is 435 g/mol. The van der Waals surface area contributed by atoms with E-state index < -0.39 is 5.97 Å². The van der Waals surface area contributed by atoms with E-state index in [1.165, 1.54) is 32.3 Å². The van der Waals surface area contributed by atoms with Crippen LogP contribution in [-0.2, 0) is 4.74 Å². The van der Waals surface area contributed by atoms with Crippen LogP contribution in [0.5, 0.6) is 0 Å². The van der Waals surface area contributed by atoms with Gasteiger partial charge in [-0.1, -0.05) is 18.2 Å². The molecule has 9 nitrogen and oxygen atoms in total. The van der Waals surface area contributed by atoms with Gasteiger partial charge < -0.3 is 15.0 Å². The maximum atomic E-state index is 12.2. The zero-order valence-corrected chi connectivity index (χ0v) is 17.9. The summed E-state index contributed by atoms with van der Waals surface area (Å²) in [6, 6.07) is 11.7. The van der Waals surface area contributed by atoms with Crippen molar-refractivity contribution in [3.05, 3.63) is 70.0 Å². The first-order valence-corrected chi connectivity index (χ1v) is 10.6. The van der Waals surface area contributed by atoms with Crippen LogP contribution in [0.25, 0.3) is 10.9 Å². The Balaban J connectivity index is 1.69. The highest BCUT2D eigenvalue weighted by molar-refractivity contribution is 6.05. The number of anilines is 1. The lowest BCUT2D eigenvalue weighted by Crippen LogP contribution is -2.24. The van der Waals surface area contributed by atoms with E-state index in [-0.39, 0.29) is 16.7 Å². The zero-order chi connectivity index (χ0) is 22.5. The number of benzene rings is 2. The van der Waals surface area contributed by atoms with E-state index >= 15 is 0 Å². The maximum absolute atomic E-state index is 12.2. The fraction of sp³-hybridized carbons (Fsp3) is 0.348. The number of nitro groups is 1.